The standard InChI is InChI=1S/C23H22FN5O2/c1-29-16-8-23(10-25-11-23)28-22(30)18(16)14-5-3-13-9-26-21(27-19(13)20(14)29)12-4-6-17(31-2)15(24)7-12/h4,6-7,9,25H,3,5,8,10-11H2,1-2H3,(H,28,30). The first kappa shape index (κ1) is 18.5. The molecule has 1 amide bonds. The normalized spacial score (nSPS) is 18.0. The number of ether oxygens (including phenoxy) is 1. The molecular formula is C23H22FN5O2. The predicted molar refractivity (Wildman–Crippen MR) is 113 cm³/mol. The molecule has 2 N–H and O–H groups in total. The van der Waals surface area contributed by atoms with Gasteiger partial charge in [0.05, 0.1) is 29.6 Å². The maximum Gasteiger partial charge on any atom is 0.253 e. The van der Waals surface area contributed by atoms with Gasteiger partial charge in [-0.3, -0.25) is 4.79 Å². The zero-order valence-corrected chi connectivity index (χ0v) is 17.4. The SMILES string of the molecule is COc1ccc(-c2ncc3c(n2)-c2c(c4c(n2C)CC2(CNC2)NC4=O)CC3)cc1F. The van der Waals surface area contributed by atoms with Crippen molar-refractivity contribution in [3.05, 3.63) is 52.6 Å². The molecule has 0 saturated carbocycles. The summed E-state index contributed by atoms with van der Waals surface area (Å²) in [4.78, 5) is 22.4. The molecule has 158 valence electrons. The molecule has 2 aliphatic heterocycles. The summed E-state index contributed by atoms with van der Waals surface area (Å²) in [6.45, 7) is 1.58. The van der Waals surface area contributed by atoms with Crippen LogP contribution in [0, 0.1) is 5.82 Å². The lowest BCUT2D eigenvalue weighted by Gasteiger charge is -2.45. The van der Waals surface area contributed by atoms with Crippen LogP contribution in [-0.2, 0) is 26.3 Å². The number of methoxy groups -OCH3 is 1. The maximum atomic E-state index is 14.3. The number of fused-ring (bicyclic) bond motifs is 5. The minimum atomic E-state index is -0.451. The van der Waals surface area contributed by atoms with Crippen molar-refractivity contribution in [3.8, 4) is 28.5 Å². The van der Waals surface area contributed by atoms with Crippen LogP contribution in [0.2, 0.25) is 0 Å². The van der Waals surface area contributed by atoms with Gasteiger partial charge in [0.1, 0.15) is 0 Å². The molecule has 1 aliphatic carbocycles. The van der Waals surface area contributed by atoms with Crippen LogP contribution in [-0.4, -0.2) is 46.2 Å². The zero-order valence-electron chi connectivity index (χ0n) is 17.4. The van der Waals surface area contributed by atoms with E-state index in [0.717, 1.165) is 66.1 Å². The van der Waals surface area contributed by atoms with Gasteiger partial charge in [0.25, 0.3) is 5.91 Å². The molecule has 1 spiro atoms. The summed E-state index contributed by atoms with van der Waals surface area (Å²) in [6, 6.07) is 4.72. The number of amides is 1. The molecule has 6 rings (SSSR count). The number of aryl methyl sites for hydroxylation is 1. The second-order valence-electron chi connectivity index (χ2n) is 8.64. The summed E-state index contributed by atoms with van der Waals surface area (Å²) in [7, 11) is 3.45. The van der Waals surface area contributed by atoms with Gasteiger partial charge in [-0.2, -0.15) is 0 Å². The van der Waals surface area contributed by atoms with E-state index in [1.165, 1.54) is 13.2 Å². The fraction of sp³-hybridized carbons (Fsp3) is 0.348. The topological polar surface area (TPSA) is 81.1 Å². The van der Waals surface area contributed by atoms with Crippen molar-refractivity contribution in [3.63, 3.8) is 0 Å². The first-order chi connectivity index (χ1) is 15.0. The number of aromatic nitrogens is 3. The van der Waals surface area contributed by atoms with E-state index < -0.39 is 5.82 Å². The van der Waals surface area contributed by atoms with Gasteiger partial charge in [0.15, 0.2) is 17.4 Å². The Morgan fingerprint density at radius 3 is 2.81 bits per heavy atom. The van der Waals surface area contributed by atoms with Crippen LogP contribution >= 0.6 is 0 Å². The largest absolute Gasteiger partial charge is 0.494 e. The van der Waals surface area contributed by atoms with Gasteiger partial charge in [-0.25, -0.2) is 14.4 Å². The van der Waals surface area contributed by atoms with Crippen molar-refractivity contribution >= 4 is 5.91 Å². The quantitative estimate of drug-likeness (QED) is 0.664. The molecular weight excluding hydrogens is 397 g/mol. The number of nitrogens with one attached hydrogen (secondary N) is 2. The van der Waals surface area contributed by atoms with E-state index in [2.05, 4.69) is 20.2 Å². The number of halogens is 1. The molecule has 7 nitrogen and oxygen atoms in total. The van der Waals surface area contributed by atoms with Crippen molar-refractivity contribution in [2.75, 3.05) is 20.2 Å². The molecule has 1 aromatic carbocycles. The number of rotatable bonds is 2. The van der Waals surface area contributed by atoms with Crippen LogP contribution < -0.4 is 15.4 Å². The van der Waals surface area contributed by atoms with E-state index in [9.17, 15) is 9.18 Å². The Balaban J connectivity index is 1.49. The zero-order chi connectivity index (χ0) is 21.3. The number of carbonyl (C=O) groups excluding carboxylic acids is 1. The van der Waals surface area contributed by atoms with E-state index in [4.69, 9.17) is 9.72 Å². The predicted octanol–water partition coefficient (Wildman–Crippen LogP) is 2.02. The van der Waals surface area contributed by atoms with Crippen LogP contribution in [0.25, 0.3) is 22.8 Å². The Labute approximate surface area is 178 Å². The molecule has 8 heteroatoms. The maximum absolute atomic E-state index is 14.3. The highest BCUT2D eigenvalue weighted by Crippen LogP contribution is 2.41. The third-order valence-electron chi connectivity index (χ3n) is 6.80. The second-order valence-corrected chi connectivity index (χ2v) is 8.64. The number of nitrogens with zero attached hydrogens (tertiary/aromatic N) is 3. The first-order valence-corrected chi connectivity index (χ1v) is 10.4. The van der Waals surface area contributed by atoms with Gasteiger partial charge < -0.3 is 19.9 Å². The van der Waals surface area contributed by atoms with Crippen LogP contribution in [0.15, 0.2) is 24.4 Å². The Morgan fingerprint density at radius 2 is 2.10 bits per heavy atom. The van der Waals surface area contributed by atoms with Gasteiger partial charge in [0.2, 0.25) is 0 Å². The molecule has 4 heterocycles. The van der Waals surface area contributed by atoms with Crippen molar-refractivity contribution in [2.24, 2.45) is 7.05 Å². The molecule has 3 aromatic rings. The van der Waals surface area contributed by atoms with Gasteiger partial charge in [-0.15, -0.1) is 0 Å². The molecule has 1 fully saturated rings. The highest BCUT2D eigenvalue weighted by atomic mass is 19.1. The summed E-state index contributed by atoms with van der Waals surface area (Å²) in [5, 5.41) is 6.50. The molecule has 31 heavy (non-hydrogen) atoms. The van der Waals surface area contributed by atoms with Gasteiger partial charge in [-0.05, 0) is 42.2 Å². The van der Waals surface area contributed by atoms with Gasteiger partial charge in [0, 0.05) is 44.0 Å². The number of benzene rings is 1. The summed E-state index contributed by atoms with van der Waals surface area (Å²) in [6.07, 6.45) is 4.19. The van der Waals surface area contributed by atoms with Gasteiger partial charge >= 0.3 is 0 Å². The Bertz CT molecular complexity index is 1260. The molecule has 0 radical (unpaired) electrons. The minimum absolute atomic E-state index is 0.00885. The number of carbonyl (C=O) groups is 1. The third kappa shape index (κ3) is 2.57. The Hall–Kier alpha value is -3.26. The average Bonchev–Trinajstić information content (AvgIpc) is 3.05. The van der Waals surface area contributed by atoms with Crippen LogP contribution in [0.5, 0.6) is 5.75 Å². The molecule has 0 bridgehead atoms. The lowest BCUT2D eigenvalue weighted by atomic mass is 9.81. The molecule has 1 saturated heterocycles. The van der Waals surface area contributed by atoms with Crippen molar-refractivity contribution < 1.29 is 13.9 Å². The molecule has 2 aromatic heterocycles. The van der Waals surface area contributed by atoms with Crippen LogP contribution in [0.3, 0.4) is 0 Å². The van der Waals surface area contributed by atoms with Crippen molar-refractivity contribution in [1.82, 2.24) is 25.2 Å². The highest BCUT2D eigenvalue weighted by molar-refractivity contribution is 6.01. The average molecular weight is 419 g/mol. The monoisotopic (exact) mass is 419 g/mol. The van der Waals surface area contributed by atoms with E-state index in [1.54, 1.807) is 12.1 Å². The molecule has 0 unspecified atom stereocenters. The Morgan fingerprint density at radius 1 is 1.26 bits per heavy atom. The van der Waals surface area contributed by atoms with Crippen LogP contribution in [0.1, 0.15) is 27.2 Å². The van der Waals surface area contributed by atoms with E-state index in [1.807, 2.05) is 13.2 Å². The highest BCUT2D eigenvalue weighted by Gasteiger charge is 2.46. The Kier molecular flexibility index (Phi) is 3.80. The number of hydrogen-bond donors (Lipinski definition) is 2. The summed E-state index contributed by atoms with van der Waals surface area (Å²) >= 11 is 0. The molecule has 0 atom stereocenters. The smallest absolute Gasteiger partial charge is 0.253 e. The van der Waals surface area contributed by atoms with E-state index in [0.29, 0.717) is 11.4 Å². The van der Waals surface area contributed by atoms with Crippen molar-refractivity contribution in [1.29, 1.82) is 0 Å². The third-order valence-corrected chi connectivity index (χ3v) is 6.80. The first-order valence-electron chi connectivity index (χ1n) is 10.4. The summed E-state index contributed by atoms with van der Waals surface area (Å²) < 4.78 is 21.4. The van der Waals surface area contributed by atoms with E-state index in [-0.39, 0.29) is 17.2 Å². The summed E-state index contributed by atoms with van der Waals surface area (Å²) in [5.41, 5.74) is 6.17. The fourth-order valence-electron chi connectivity index (χ4n) is 5.13. The van der Waals surface area contributed by atoms with Crippen molar-refractivity contribution in [2.45, 2.75) is 24.8 Å². The van der Waals surface area contributed by atoms with E-state index >= 15 is 0 Å². The lowest BCUT2D eigenvalue weighted by molar-refractivity contribution is 0.0824. The summed E-state index contributed by atoms with van der Waals surface area (Å²) in [5.74, 6) is 0.197. The van der Waals surface area contributed by atoms with Crippen LogP contribution in [0.4, 0.5) is 4.39 Å². The number of hydrogen-bond acceptors (Lipinski definition) is 5. The molecule has 3 aliphatic rings. The second kappa shape index (κ2) is 6.37. The lowest BCUT2D eigenvalue weighted by Crippen LogP contribution is -2.71. The fourth-order valence-corrected chi connectivity index (χ4v) is 5.13. The minimum Gasteiger partial charge on any atom is -0.494 e. The van der Waals surface area contributed by atoms with Gasteiger partial charge in [-0.1, -0.05) is 0 Å².